The first kappa shape index (κ1) is 13.9. The van der Waals surface area contributed by atoms with Crippen LogP contribution in [0.1, 0.15) is 33.6 Å². The summed E-state index contributed by atoms with van der Waals surface area (Å²) in [4.78, 5) is 2.57. The summed E-state index contributed by atoms with van der Waals surface area (Å²) in [6.07, 6.45) is 2.44. The molecule has 3 atom stereocenters. The highest BCUT2D eigenvalue weighted by molar-refractivity contribution is 4.82. The minimum Gasteiger partial charge on any atom is -0.381 e. The Bertz CT molecular complexity index is 181. The van der Waals surface area contributed by atoms with E-state index in [1.54, 1.807) is 0 Å². The van der Waals surface area contributed by atoms with Gasteiger partial charge in [-0.05, 0) is 33.4 Å². The largest absolute Gasteiger partial charge is 0.381 e. The van der Waals surface area contributed by atoms with Gasteiger partial charge in [0.15, 0.2) is 0 Å². The van der Waals surface area contributed by atoms with Gasteiger partial charge in [-0.1, -0.05) is 13.8 Å². The van der Waals surface area contributed by atoms with Gasteiger partial charge in [0.25, 0.3) is 0 Å². The molecule has 0 saturated carbocycles. The molecule has 16 heavy (non-hydrogen) atoms. The summed E-state index contributed by atoms with van der Waals surface area (Å²) in [5.74, 6) is 0.697. The molecule has 0 aromatic heterocycles. The van der Waals surface area contributed by atoms with Crippen LogP contribution in [0, 0.1) is 5.92 Å². The van der Waals surface area contributed by atoms with E-state index >= 15 is 0 Å². The topological polar surface area (TPSA) is 24.5 Å². The average molecular weight is 228 g/mol. The lowest BCUT2D eigenvalue weighted by Gasteiger charge is -2.33. The van der Waals surface area contributed by atoms with Crippen LogP contribution >= 0.6 is 0 Å². The third-order valence-electron chi connectivity index (χ3n) is 3.96. The maximum Gasteiger partial charge on any atom is 0.0510 e. The van der Waals surface area contributed by atoms with E-state index in [0.717, 1.165) is 26.3 Å². The second-order valence-corrected chi connectivity index (χ2v) is 4.86. The van der Waals surface area contributed by atoms with E-state index in [2.05, 4.69) is 38.0 Å². The van der Waals surface area contributed by atoms with Crippen LogP contribution in [0.3, 0.4) is 0 Å². The van der Waals surface area contributed by atoms with E-state index < -0.39 is 0 Å². The van der Waals surface area contributed by atoms with Crippen molar-refractivity contribution in [3.05, 3.63) is 0 Å². The molecule has 0 radical (unpaired) electrons. The van der Waals surface area contributed by atoms with Gasteiger partial charge in [0, 0.05) is 31.2 Å². The molecule has 0 aromatic rings. The smallest absolute Gasteiger partial charge is 0.0510 e. The Labute approximate surface area is 101 Å². The first-order valence-corrected chi connectivity index (χ1v) is 6.71. The van der Waals surface area contributed by atoms with E-state index in [0.29, 0.717) is 18.0 Å². The van der Waals surface area contributed by atoms with E-state index in [1.165, 1.54) is 12.8 Å². The lowest BCUT2D eigenvalue weighted by molar-refractivity contribution is 0.148. The lowest BCUT2D eigenvalue weighted by Crippen LogP contribution is -2.47. The molecule has 0 amide bonds. The predicted octanol–water partition coefficient (Wildman–Crippen LogP) is 1.73. The summed E-state index contributed by atoms with van der Waals surface area (Å²) in [7, 11) is 2.08. The first-order valence-electron chi connectivity index (χ1n) is 6.71. The van der Waals surface area contributed by atoms with Crippen LogP contribution in [0.5, 0.6) is 0 Å². The van der Waals surface area contributed by atoms with E-state index in [-0.39, 0.29) is 0 Å². The second-order valence-electron chi connectivity index (χ2n) is 4.86. The number of rotatable bonds is 7. The van der Waals surface area contributed by atoms with Gasteiger partial charge < -0.3 is 10.1 Å². The van der Waals surface area contributed by atoms with E-state index in [4.69, 9.17) is 4.74 Å². The fraction of sp³-hybridized carbons (Fsp3) is 1.00. The highest BCUT2D eigenvalue weighted by atomic mass is 16.5. The molecule has 3 unspecified atom stereocenters. The molecule has 1 heterocycles. The summed E-state index contributed by atoms with van der Waals surface area (Å²) in [5.41, 5.74) is 0. The van der Waals surface area contributed by atoms with Crippen LogP contribution in [-0.4, -0.2) is 50.3 Å². The molecule has 3 heteroatoms. The Morgan fingerprint density at radius 2 is 2.19 bits per heavy atom. The number of nitrogens with zero attached hydrogens (tertiary/aromatic N) is 1. The third kappa shape index (κ3) is 3.72. The van der Waals surface area contributed by atoms with Gasteiger partial charge in [0.2, 0.25) is 0 Å². The Morgan fingerprint density at radius 1 is 1.44 bits per heavy atom. The zero-order valence-corrected chi connectivity index (χ0v) is 11.3. The minimum absolute atomic E-state index is 0.580. The third-order valence-corrected chi connectivity index (χ3v) is 3.96. The van der Waals surface area contributed by atoms with Gasteiger partial charge in [0.1, 0.15) is 0 Å². The molecule has 1 saturated heterocycles. The van der Waals surface area contributed by atoms with Crippen molar-refractivity contribution in [1.29, 1.82) is 0 Å². The molecule has 0 bridgehead atoms. The van der Waals surface area contributed by atoms with Gasteiger partial charge in [0.05, 0.1) is 6.61 Å². The Kier molecular flexibility index (Phi) is 6.32. The highest BCUT2D eigenvalue weighted by Crippen LogP contribution is 2.18. The van der Waals surface area contributed by atoms with Crippen molar-refractivity contribution in [2.24, 2.45) is 5.92 Å². The first-order chi connectivity index (χ1) is 7.72. The molecule has 96 valence electrons. The normalized spacial score (nSPS) is 24.9. The molecule has 1 fully saturated rings. The van der Waals surface area contributed by atoms with Crippen LogP contribution in [0.25, 0.3) is 0 Å². The van der Waals surface area contributed by atoms with Gasteiger partial charge in [-0.2, -0.15) is 0 Å². The molecule has 0 spiro atoms. The van der Waals surface area contributed by atoms with Crippen molar-refractivity contribution in [2.45, 2.75) is 45.7 Å². The molecular formula is C13H28N2O. The zero-order chi connectivity index (χ0) is 12.0. The number of hydrogen-bond acceptors (Lipinski definition) is 3. The standard InChI is InChI=1S/C13H28N2O/c1-5-11(3)15(6-2)9-13(14-4)12-7-8-16-10-12/h11-14H,5-10H2,1-4H3. The molecule has 1 N–H and O–H groups in total. The zero-order valence-electron chi connectivity index (χ0n) is 11.3. The van der Waals surface area contributed by atoms with Crippen molar-refractivity contribution < 1.29 is 4.74 Å². The maximum atomic E-state index is 5.48. The number of likely N-dealkylation sites (N-methyl/N-ethyl adjacent to an activating group) is 2. The SMILES string of the molecule is CCC(C)N(CC)CC(NC)C1CCOC1. The fourth-order valence-electron chi connectivity index (χ4n) is 2.48. The molecule has 1 rings (SSSR count). The van der Waals surface area contributed by atoms with Gasteiger partial charge >= 0.3 is 0 Å². The second kappa shape index (κ2) is 7.25. The van der Waals surface area contributed by atoms with Crippen molar-refractivity contribution in [3.63, 3.8) is 0 Å². The molecular weight excluding hydrogens is 200 g/mol. The van der Waals surface area contributed by atoms with Crippen molar-refractivity contribution in [3.8, 4) is 0 Å². The van der Waals surface area contributed by atoms with E-state index in [9.17, 15) is 0 Å². The van der Waals surface area contributed by atoms with Crippen molar-refractivity contribution in [2.75, 3.05) is 33.4 Å². The summed E-state index contributed by atoms with van der Waals surface area (Å²) < 4.78 is 5.48. The van der Waals surface area contributed by atoms with E-state index in [1.807, 2.05) is 0 Å². The Balaban J connectivity index is 2.46. The molecule has 0 aromatic carbocycles. The van der Waals surface area contributed by atoms with Crippen LogP contribution in [0.15, 0.2) is 0 Å². The quantitative estimate of drug-likeness (QED) is 0.718. The predicted molar refractivity (Wildman–Crippen MR) is 68.8 cm³/mol. The summed E-state index contributed by atoms with van der Waals surface area (Å²) in [5, 5.41) is 3.47. The average Bonchev–Trinajstić information content (AvgIpc) is 2.83. The van der Waals surface area contributed by atoms with Crippen LogP contribution < -0.4 is 5.32 Å². The van der Waals surface area contributed by atoms with Crippen LogP contribution in [0.2, 0.25) is 0 Å². The van der Waals surface area contributed by atoms with Gasteiger partial charge in [-0.3, -0.25) is 4.90 Å². The monoisotopic (exact) mass is 228 g/mol. The van der Waals surface area contributed by atoms with Crippen LogP contribution in [-0.2, 0) is 4.74 Å². The van der Waals surface area contributed by atoms with Crippen molar-refractivity contribution in [1.82, 2.24) is 10.2 Å². The molecule has 1 aliphatic heterocycles. The summed E-state index contributed by atoms with van der Waals surface area (Å²) >= 11 is 0. The number of hydrogen-bond donors (Lipinski definition) is 1. The summed E-state index contributed by atoms with van der Waals surface area (Å²) in [6, 6.07) is 1.26. The number of nitrogens with one attached hydrogen (secondary N) is 1. The molecule has 3 nitrogen and oxygen atoms in total. The lowest BCUT2D eigenvalue weighted by atomic mass is 9.98. The highest BCUT2D eigenvalue weighted by Gasteiger charge is 2.26. The Morgan fingerprint density at radius 3 is 2.62 bits per heavy atom. The van der Waals surface area contributed by atoms with Gasteiger partial charge in [-0.25, -0.2) is 0 Å². The molecule has 0 aliphatic carbocycles. The minimum atomic E-state index is 0.580. The summed E-state index contributed by atoms with van der Waals surface area (Å²) in [6.45, 7) is 11.0. The van der Waals surface area contributed by atoms with Crippen LogP contribution in [0.4, 0.5) is 0 Å². The number of ether oxygens (including phenoxy) is 1. The maximum absolute atomic E-state index is 5.48. The fourth-order valence-corrected chi connectivity index (χ4v) is 2.48. The van der Waals surface area contributed by atoms with Crippen molar-refractivity contribution >= 4 is 0 Å². The molecule has 1 aliphatic rings. The Hall–Kier alpha value is -0.120. The van der Waals surface area contributed by atoms with Gasteiger partial charge in [-0.15, -0.1) is 0 Å².